The van der Waals surface area contributed by atoms with Gasteiger partial charge in [0.1, 0.15) is 12.2 Å². The quantitative estimate of drug-likeness (QED) is 0.888. The van der Waals surface area contributed by atoms with Crippen LogP contribution in [0.4, 0.5) is 0 Å². The van der Waals surface area contributed by atoms with Crippen LogP contribution < -0.4 is 5.32 Å². The molecule has 5 nitrogen and oxygen atoms in total. The van der Waals surface area contributed by atoms with Crippen LogP contribution >= 0.6 is 0 Å². The number of nitrogens with zero attached hydrogens (tertiary/aromatic N) is 4. The van der Waals surface area contributed by atoms with Crippen molar-refractivity contribution < 1.29 is 0 Å². The molecule has 0 bridgehead atoms. The monoisotopic (exact) mass is 259 g/mol. The first-order chi connectivity index (χ1) is 9.11. The van der Waals surface area contributed by atoms with Crippen LogP contribution in [0.5, 0.6) is 0 Å². The molecule has 2 heterocycles. The summed E-state index contributed by atoms with van der Waals surface area (Å²) in [6.07, 6.45) is 4.30. The molecule has 0 aliphatic heterocycles. The van der Waals surface area contributed by atoms with Gasteiger partial charge in [-0.25, -0.2) is 4.98 Å². The highest BCUT2D eigenvalue weighted by Crippen LogP contribution is 2.19. The zero-order valence-corrected chi connectivity index (χ0v) is 12.0. The number of aryl methyl sites for hydroxylation is 3. The van der Waals surface area contributed by atoms with Crippen molar-refractivity contribution in [1.29, 1.82) is 0 Å². The van der Waals surface area contributed by atoms with Gasteiger partial charge in [-0.1, -0.05) is 13.0 Å². The summed E-state index contributed by atoms with van der Waals surface area (Å²) in [4.78, 5) is 8.88. The van der Waals surface area contributed by atoms with Crippen molar-refractivity contribution in [3.63, 3.8) is 0 Å². The lowest BCUT2D eigenvalue weighted by Gasteiger charge is -2.19. The molecule has 1 unspecified atom stereocenters. The highest BCUT2D eigenvalue weighted by atomic mass is 15.3. The molecule has 0 spiro atoms. The Bertz CT molecular complexity index is 547. The molecule has 0 saturated heterocycles. The second-order valence-corrected chi connectivity index (χ2v) is 4.83. The van der Waals surface area contributed by atoms with Crippen LogP contribution in [0.15, 0.2) is 18.6 Å². The van der Waals surface area contributed by atoms with Gasteiger partial charge in [0, 0.05) is 19.7 Å². The molecule has 2 aromatic rings. The lowest BCUT2D eigenvalue weighted by molar-refractivity contribution is 0.509. The van der Waals surface area contributed by atoms with Crippen LogP contribution in [0.3, 0.4) is 0 Å². The van der Waals surface area contributed by atoms with Gasteiger partial charge in [0.2, 0.25) is 0 Å². The van der Waals surface area contributed by atoms with E-state index in [4.69, 9.17) is 0 Å². The van der Waals surface area contributed by atoms with Crippen LogP contribution in [0.2, 0.25) is 0 Å². The van der Waals surface area contributed by atoms with Gasteiger partial charge >= 0.3 is 0 Å². The van der Waals surface area contributed by atoms with Crippen molar-refractivity contribution in [2.24, 2.45) is 7.05 Å². The third kappa shape index (κ3) is 3.17. The number of aromatic nitrogens is 4. The average Bonchev–Trinajstić information content (AvgIpc) is 2.75. The van der Waals surface area contributed by atoms with Crippen LogP contribution in [-0.2, 0) is 13.5 Å². The summed E-state index contributed by atoms with van der Waals surface area (Å²) in [6, 6.07) is 2.34. The van der Waals surface area contributed by atoms with Gasteiger partial charge in [-0.05, 0) is 31.5 Å². The minimum atomic E-state index is 0.175. The first kappa shape index (κ1) is 13.7. The van der Waals surface area contributed by atoms with Crippen LogP contribution in [0.25, 0.3) is 0 Å². The van der Waals surface area contributed by atoms with E-state index in [9.17, 15) is 0 Å². The topological polar surface area (TPSA) is 55.6 Å². The Morgan fingerprint density at radius 3 is 2.68 bits per heavy atom. The molecule has 1 atom stereocenters. The first-order valence-corrected chi connectivity index (χ1v) is 6.61. The van der Waals surface area contributed by atoms with E-state index >= 15 is 0 Å². The summed E-state index contributed by atoms with van der Waals surface area (Å²) in [7, 11) is 1.92. The van der Waals surface area contributed by atoms with Crippen molar-refractivity contribution in [2.75, 3.05) is 6.54 Å². The molecule has 2 rings (SSSR count). The number of rotatable bonds is 5. The Morgan fingerprint density at radius 2 is 2.11 bits per heavy atom. The highest BCUT2D eigenvalue weighted by molar-refractivity contribution is 5.26. The molecule has 0 fully saturated rings. The maximum Gasteiger partial charge on any atom is 0.138 e. The fourth-order valence-electron chi connectivity index (χ4n) is 2.29. The van der Waals surface area contributed by atoms with Crippen molar-refractivity contribution in [2.45, 2.75) is 33.2 Å². The van der Waals surface area contributed by atoms with E-state index in [0.717, 1.165) is 24.5 Å². The second-order valence-electron chi connectivity index (χ2n) is 4.83. The molecule has 0 saturated carbocycles. The highest BCUT2D eigenvalue weighted by Gasteiger charge is 2.17. The van der Waals surface area contributed by atoms with E-state index < -0.39 is 0 Å². The van der Waals surface area contributed by atoms with E-state index in [1.807, 2.05) is 17.9 Å². The molecule has 5 heteroatoms. The molecule has 19 heavy (non-hydrogen) atoms. The van der Waals surface area contributed by atoms with Crippen molar-refractivity contribution >= 4 is 0 Å². The van der Waals surface area contributed by atoms with Gasteiger partial charge in [-0.15, -0.1) is 0 Å². The molecular weight excluding hydrogens is 238 g/mol. The fourth-order valence-corrected chi connectivity index (χ4v) is 2.29. The molecule has 0 aliphatic rings. The summed E-state index contributed by atoms with van der Waals surface area (Å²) in [5.41, 5.74) is 3.50. The summed E-state index contributed by atoms with van der Waals surface area (Å²) in [5, 5.41) is 7.60. The molecule has 0 amide bonds. The van der Waals surface area contributed by atoms with E-state index in [2.05, 4.69) is 47.2 Å². The Balaban J connectivity index is 2.27. The predicted molar refractivity (Wildman–Crippen MR) is 74.8 cm³/mol. The van der Waals surface area contributed by atoms with E-state index in [0.29, 0.717) is 0 Å². The first-order valence-electron chi connectivity index (χ1n) is 6.61. The van der Waals surface area contributed by atoms with Gasteiger partial charge in [-0.3, -0.25) is 9.67 Å². The van der Waals surface area contributed by atoms with Gasteiger partial charge < -0.3 is 5.32 Å². The lowest BCUT2D eigenvalue weighted by Crippen LogP contribution is -2.26. The predicted octanol–water partition coefficient (Wildman–Crippen LogP) is 1.72. The van der Waals surface area contributed by atoms with Crippen molar-refractivity contribution in [3.05, 3.63) is 41.2 Å². The summed E-state index contributed by atoms with van der Waals surface area (Å²) in [5.74, 6) is 0.965. The molecule has 1 N–H and O–H groups in total. The number of hydrogen-bond donors (Lipinski definition) is 1. The smallest absolute Gasteiger partial charge is 0.138 e. The average molecular weight is 259 g/mol. The van der Waals surface area contributed by atoms with Crippen molar-refractivity contribution in [3.8, 4) is 0 Å². The lowest BCUT2D eigenvalue weighted by atomic mass is 10.0. The maximum absolute atomic E-state index is 4.59. The Hall–Kier alpha value is -1.75. The van der Waals surface area contributed by atoms with E-state index in [1.54, 1.807) is 6.33 Å². The van der Waals surface area contributed by atoms with Gasteiger partial charge in [0.15, 0.2) is 0 Å². The van der Waals surface area contributed by atoms with Gasteiger partial charge in [0.05, 0.1) is 11.7 Å². The number of hydrogen-bond acceptors (Lipinski definition) is 4. The molecule has 2 aromatic heterocycles. The van der Waals surface area contributed by atoms with Crippen LogP contribution in [0, 0.1) is 13.8 Å². The zero-order chi connectivity index (χ0) is 13.8. The number of pyridine rings is 1. The van der Waals surface area contributed by atoms with Gasteiger partial charge in [-0.2, -0.15) is 5.10 Å². The Labute approximate surface area is 114 Å². The summed E-state index contributed by atoms with van der Waals surface area (Å²) >= 11 is 0. The molecule has 0 radical (unpaired) electrons. The number of nitrogens with one attached hydrogen (secondary N) is 1. The van der Waals surface area contributed by atoms with E-state index in [1.165, 1.54) is 11.1 Å². The Kier molecular flexibility index (Phi) is 4.27. The van der Waals surface area contributed by atoms with Gasteiger partial charge in [0.25, 0.3) is 0 Å². The fraction of sp³-hybridized carbons (Fsp3) is 0.500. The standard InChI is InChI=1S/C14H21N5/c1-5-15-12(7-13-17-9-18-19(13)4)14-11(3)6-10(2)8-16-14/h6,8-9,12,15H,5,7H2,1-4H3. The number of likely N-dealkylation sites (N-methyl/N-ethyl adjacent to an activating group) is 1. The summed E-state index contributed by atoms with van der Waals surface area (Å²) < 4.78 is 1.81. The third-order valence-corrected chi connectivity index (χ3v) is 3.23. The zero-order valence-electron chi connectivity index (χ0n) is 12.0. The minimum absolute atomic E-state index is 0.175. The normalized spacial score (nSPS) is 12.6. The molecule has 0 aliphatic carbocycles. The summed E-state index contributed by atoms with van der Waals surface area (Å²) in [6.45, 7) is 7.18. The molecular formula is C14H21N5. The minimum Gasteiger partial charge on any atom is -0.309 e. The molecule has 0 aromatic carbocycles. The maximum atomic E-state index is 4.59. The third-order valence-electron chi connectivity index (χ3n) is 3.23. The van der Waals surface area contributed by atoms with E-state index in [-0.39, 0.29) is 6.04 Å². The molecule has 102 valence electrons. The van der Waals surface area contributed by atoms with Crippen LogP contribution in [0.1, 0.15) is 35.6 Å². The largest absolute Gasteiger partial charge is 0.309 e. The SMILES string of the molecule is CCNC(Cc1ncnn1C)c1ncc(C)cc1C. The Morgan fingerprint density at radius 1 is 1.32 bits per heavy atom. The second kappa shape index (κ2) is 5.93. The van der Waals surface area contributed by atoms with Crippen molar-refractivity contribution in [1.82, 2.24) is 25.1 Å². The van der Waals surface area contributed by atoms with Crippen LogP contribution in [-0.4, -0.2) is 26.3 Å².